The van der Waals surface area contributed by atoms with E-state index in [-0.39, 0.29) is 6.04 Å². The Morgan fingerprint density at radius 2 is 2.13 bits per heavy atom. The van der Waals surface area contributed by atoms with E-state index < -0.39 is 0 Å². The summed E-state index contributed by atoms with van der Waals surface area (Å²) >= 11 is 1.48. The predicted molar refractivity (Wildman–Crippen MR) is 60.5 cm³/mol. The van der Waals surface area contributed by atoms with Crippen molar-refractivity contribution in [2.75, 3.05) is 5.32 Å². The molecule has 0 aliphatic heterocycles. The molecule has 0 spiro atoms. The highest BCUT2D eigenvalue weighted by molar-refractivity contribution is 7.09. The van der Waals surface area contributed by atoms with Gasteiger partial charge in [0.1, 0.15) is 5.01 Å². The number of nitrogens with one attached hydrogen (secondary N) is 1. The zero-order valence-electron chi connectivity index (χ0n) is 7.92. The van der Waals surface area contributed by atoms with Crippen molar-refractivity contribution in [1.29, 1.82) is 5.26 Å². The maximum absolute atomic E-state index is 9.01. The van der Waals surface area contributed by atoms with Gasteiger partial charge in [-0.25, -0.2) is 4.98 Å². The van der Waals surface area contributed by atoms with Gasteiger partial charge in [0.15, 0.2) is 6.04 Å². The molecule has 0 amide bonds. The predicted octanol–water partition coefficient (Wildman–Crippen LogP) is 2.82. The lowest BCUT2D eigenvalue weighted by Crippen LogP contribution is -2.07. The first-order valence-electron chi connectivity index (χ1n) is 4.51. The Labute approximate surface area is 92.0 Å². The fraction of sp³-hybridized carbons (Fsp3) is 0.0909. The van der Waals surface area contributed by atoms with Crippen LogP contribution in [-0.2, 0) is 0 Å². The molecule has 1 N–H and O–H groups in total. The maximum Gasteiger partial charge on any atom is 0.166 e. The van der Waals surface area contributed by atoms with E-state index in [0.717, 1.165) is 10.7 Å². The molecular weight excluding hydrogens is 206 g/mol. The lowest BCUT2D eigenvalue weighted by Gasteiger charge is -2.09. The zero-order chi connectivity index (χ0) is 10.5. The number of rotatable bonds is 3. The summed E-state index contributed by atoms with van der Waals surface area (Å²) in [4.78, 5) is 4.12. The molecule has 0 aliphatic rings. The van der Waals surface area contributed by atoms with Crippen molar-refractivity contribution >= 4 is 17.0 Å². The molecule has 0 radical (unpaired) electrons. The second kappa shape index (κ2) is 4.58. The van der Waals surface area contributed by atoms with Gasteiger partial charge >= 0.3 is 0 Å². The third kappa shape index (κ3) is 2.33. The van der Waals surface area contributed by atoms with Crippen molar-refractivity contribution in [3.63, 3.8) is 0 Å². The van der Waals surface area contributed by atoms with E-state index in [1.165, 1.54) is 11.3 Å². The van der Waals surface area contributed by atoms with Crippen molar-refractivity contribution in [3.05, 3.63) is 46.9 Å². The first-order chi connectivity index (χ1) is 7.40. The van der Waals surface area contributed by atoms with Gasteiger partial charge in [0.2, 0.25) is 0 Å². The zero-order valence-corrected chi connectivity index (χ0v) is 8.74. The molecule has 0 saturated carbocycles. The average molecular weight is 215 g/mol. The SMILES string of the molecule is N#CC(Nc1ccccc1)c1nccs1. The van der Waals surface area contributed by atoms with Crippen LogP contribution in [0.5, 0.6) is 0 Å². The largest absolute Gasteiger partial charge is 0.364 e. The van der Waals surface area contributed by atoms with Crippen LogP contribution >= 0.6 is 11.3 Å². The molecule has 1 heterocycles. The summed E-state index contributed by atoms with van der Waals surface area (Å²) in [5, 5.41) is 14.8. The molecule has 3 nitrogen and oxygen atoms in total. The van der Waals surface area contributed by atoms with Crippen molar-refractivity contribution < 1.29 is 0 Å². The van der Waals surface area contributed by atoms with E-state index in [2.05, 4.69) is 16.4 Å². The quantitative estimate of drug-likeness (QED) is 0.856. The minimum atomic E-state index is -0.368. The van der Waals surface area contributed by atoms with Gasteiger partial charge in [-0.15, -0.1) is 11.3 Å². The van der Waals surface area contributed by atoms with E-state index in [1.54, 1.807) is 6.20 Å². The molecule has 2 aromatic rings. The molecular formula is C11H9N3S. The first kappa shape index (κ1) is 9.69. The van der Waals surface area contributed by atoms with E-state index in [9.17, 15) is 0 Å². The van der Waals surface area contributed by atoms with Crippen molar-refractivity contribution in [3.8, 4) is 6.07 Å². The highest BCUT2D eigenvalue weighted by Gasteiger charge is 2.11. The van der Waals surface area contributed by atoms with Gasteiger partial charge in [-0.2, -0.15) is 5.26 Å². The monoisotopic (exact) mass is 215 g/mol. The normalized spacial score (nSPS) is 11.7. The Kier molecular flexibility index (Phi) is 2.96. The Bertz CT molecular complexity index is 444. The van der Waals surface area contributed by atoms with E-state index >= 15 is 0 Å². The van der Waals surface area contributed by atoms with Gasteiger partial charge in [0.05, 0.1) is 6.07 Å². The minimum Gasteiger partial charge on any atom is -0.364 e. The van der Waals surface area contributed by atoms with Crippen LogP contribution < -0.4 is 5.32 Å². The summed E-state index contributed by atoms with van der Waals surface area (Å²) < 4.78 is 0. The number of anilines is 1. The number of nitrogens with zero attached hydrogens (tertiary/aromatic N) is 2. The summed E-state index contributed by atoms with van der Waals surface area (Å²) in [6.45, 7) is 0. The van der Waals surface area contributed by atoms with Gasteiger partial charge in [-0.3, -0.25) is 0 Å². The highest BCUT2D eigenvalue weighted by Crippen LogP contribution is 2.20. The molecule has 2 rings (SSSR count). The molecule has 1 unspecified atom stereocenters. The summed E-state index contributed by atoms with van der Waals surface area (Å²) in [6, 6.07) is 11.5. The molecule has 0 saturated heterocycles. The Hall–Kier alpha value is -1.86. The van der Waals surface area contributed by atoms with Crippen LogP contribution in [0.2, 0.25) is 0 Å². The van der Waals surface area contributed by atoms with Gasteiger partial charge in [0.25, 0.3) is 0 Å². The van der Waals surface area contributed by atoms with Crippen LogP contribution in [0.25, 0.3) is 0 Å². The average Bonchev–Trinajstić information content (AvgIpc) is 2.81. The summed E-state index contributed by atoms with van der Waals surface area (Å²) in [5.74, 6) is 0. The number of benzene rings is 1. The van der Waals surface area contributed by atoms with Gasteiger partial charge in [-0.1, -0.05) is 18.2 Å². The lowest BCUT2D eigenvalue weighted by molar-refractivity contribution is 0.974. The highest BCUT2D eigenvalue weighted by atomic mass is 32.1. The fourth-order valence-corrected chi connectivity index (χ4v) is 1.86. The standard InChI is InChI=1S/C11H9N3S/c12-8-10(11-13-6-7-15-11)14-9-4-2-1-3-5-9/h1-7,10,14H. The number of nitriles is 1. The Balaban J connectivity index is 2.14. The van der Waals surface area contributed by atoms with Crippen LogP contribution in [0.3, 0.4) is 0 Å². The third-order valence-electron chi connectivity index (χ3n) is 1.91. The van der Waals surface area contributed by atoms with Crippen molar-refractivity contribution in [1.82, 2.24) is 4.98 Å². The summed E-state index contributed by atoms with van der Waals surface area (Å²) in [6.07, 6.45) is 1.71. The molecule has 1 aromatic heterocycles. The number of para-hydroxylation sites is 1. The molecule has 0 fully saturated rings. The second-order valence-electron chi connectivity index (χ2n) is 2.94. The molecule has 0 bridgehead atoms. The first-order valence-corrected chi connectivity index (χ1v) is 5.38. The topological polar surface area (TPSA) is 48.7 Å². The summed E-state index contributed by atoms with van der Waals surface area (Å²) in [5.41, 5.74) is 0.930. The maximum atomic E-state index is 9.01. The minimum absolute atomic E-state index is 0.368. The number of thiazole rings is 1. The molecule has 4 heteroatoms. The van der Waals surface area contributed by atoms with E-state index in [4.69, 9.17) is 5.26 Å². The molecule has 1 aromatic carbocycles. The van der Waals surface area contributed by atoms with Crippen LogP contribution in [0.15, 0.2) is 41.9 Å². The van der Waals surface area contributed by atoms with Crippen LogP contribution in [0, 0.1) is 11.3 Å². The van der Waals surface area contributed by atoms with Crippen molar-refractivity contribution in [2.24, 2.45) is 0 Å². The van der Waals surface area contributed by atoms with Crippen molar-refractivity contribution in [2.45, 2.75) is 6.04 Å². The summed E-state index contributed by atoms with van der Waals surface area (Å²) in [7, 11) is 0. The fourth-order valence-electron chi connectivity index (χ4n) is 1.23. The van der Waals surface area contributed by atoms with Gasteiger partial charge in [-0.05, 0) is 12.1 Å². The number of hydrogen-bond donors (Lipinski definition) is 1. The van der Waals surface area contributed by atoms with Gasteiger partial charge < -0.3 is 5.32 Å². The van der Waals surface area contributed by atoms with E-state index in [1.807, 2.05) is 35.7 Å². The molecule has 15 heavy (non-hydrogen) atoms. The van der Waals surface area contributed by atoms with Crippen LogP contribution in [-0.4, -0.2) is 4.98 Å². The lowest BCUT2D eigenvalue weighted by atomic mass is 10.2. The van der Waals surface area contributed by atoms with Crippen LogP contribution in [0.4, 0.5) is 5.69 Å². The Morgan fingerprint density at radius 3 is 2.73 bits per heavy atom. The number of hydrogen-bond acceptors (Lipinski definition) is 4. The smallest absolute Gasteiger partial charge is 0.166 e. The third-order valence-corrected chi connectivity index (χ3v) is 2.75. The Morgan fingerprint density at radius 1 is 1.33 bits per heavy atom. The van der Waals surface area contributed by atoms with Crippen LogP contribution in [0.1, 0.15) is 11.0 Å². The van der Waals surface area contributed by atoms with E-state index in [0.29, 0.717) is 0 Å². The second-order valence-corrected chi connectivity index (χ2v) is 3.87. The molecule has 1 atom stereocenters. The molecule has 0 aliphatic carbocycles. The molecule has 74 valence electrons. The number of aromatic nitrogens is 1. The van der Waals surface area contributed by atoms with Gasteiger partial charge in [0, 0.05) is 17.3 Å².